The Balaban J connectivity index is 2.06. The number of carbonyl (C=O) groups excluding carboxylic acids is 2. The average molecular weight is 524 g/mol. The van der Waals surface area contributed by atoms with Crippen molar-refractivity contribution in [3.8, 4) is 5.75 Å². The molecule has 0 radical (unpaired) electrons. The van der Waals surface area contributed by atoms with Crippen molar-refractivity contribution < 1.29 is 22.7 Å². The molecule has 0 aliphatic carbocycles. The highest BCUT2D eigenvalue weighted by Crippen LogP contribution is 2.27. The number of anilines is 1. The van der Waals surface area contributed by atoms with E-state index in [4.69, 9.17) is 4.74 Å². The highest BCUT2D eigenvalue weighted by molar-refractivity contribution is 7.92. The quantitative estimate of drug-likeness (QED) is 0.413. The number of hydrogen-bond donors (Lipinski definition) is 1. The molecule has 1 N–H and O–H groups in total. The largest absolute Gasteiger partial charge is 0.497 e. The van der Waals surface area contributed by atoms with Gasteiger partial charge in [-0.2, -0.15) is 0 Å². The molecule has 0 heterocycles. The molecule has 1 atom stereocenters. The summed E-state index contributed by atoms with van der Waals surface area (Å²) in [7, 11) is -1.11. The van der Waals surface area contributed by atoms with Gasteiger partial charge in [-0.25, -0.2) is 8.42 Å². The van der Waals surface area contributed by atoms with Gasteiger partial charge in [0, 0.05) is 19.7 Å². The van der Waals surface area contributed by atoms with E-state index in [1.165, 1.54) is 31.2 Å². The van der Waals surface area contributed by atoms with Gasteiger partial charge in [-0.3, -0.25) is 13.9 Å². The molecule has 3 aromatic rings. The van der Waals surface area contributed by atoms with E-state index in [-0.39, 0.29) is 23.0 Å². The number of ether oxygens (including phenoxy) is 1. The molecule has 0 saturated heterocycles. The van der Waals surface area contributed by atoms with Crippen molar-refractivity contribution in [2.75, 3.05) is 25.0 Å². The van der Waals surface area contributed by atoms with Crippen LogP contribution in [-0.4, -0.2) is 51.9 Å². The first-order chi connectivity index (χ1) is 17.7. The number of carbonyl (C=O) groups is 2. The van der Waals surface area contributed by atoms with Crippen molar-refractivity contribution in [3.05, 3.63) is 90.0 Å². The Kier molecular flexibility index (Phi) is 9.30. The van der Waals surface area contributed by atoms with Crippen LogP contribution in [0.15, 0.2) is 83.8 Å². The minimum Gasteiger partial charge on any atom is -0.497 e. The Morgan fingerprint density at radius 3 is 2.24 bits per heavy atom. The molecule has 0 saturated carbocycles. The summed E-state index contributed by atoms with van der Waals surface area (Å²) in [4.78, 5) is 28.1. The Labute approximate surface area is 218 Å². The van der Waals surface area contributed by atoms with Gasteiger partial charge in [-0.15, -0.1) is 0 Å². The van der Waals surface area contributed by atoms with Gasteiger partial charge in [0.1, 0.15) is 18.3 Å². The third-order valence-electron chi connectivity index (χ3n) is 6.06. The summed E-state index contributed by atoms with van der Waals surface area (Å²) in [6.07, 6.45) is 0.363. The number of benzene rings is 3. The molecule has 0 aliphatic rings. The number of nitrogens with zero attached hydrogens (tertiary/aromatic N) is 2. The molecule has 196 valence electrons. The molecule has 9 heteroatoms. The molecule has 37 heavy (non-hydrogen) atoms. The van der Waals surface area contributed by atoms with Crippen LogP contribution in [0.2, 0.25) is 0 Å². The Hall–Kier alpha value is -3.85. The first kappa shape index (κ1) is 27.7. The van der Waals surface area contributed by atoms with Crippen LogP contribution in [0.25, 0.3) is 0 Å². The fourth-order valence-corrected chi connectivity index (χ4v) is 5.42. The van der Waals surface area contributed by atoms with Crippen molar-refractivity contribution in [1.82, 2.24) is 10.2 Å². The van der Waals surface area contributed by atoms with Crippen LogP contribution in [-0.2, 0) is 26.2 Å². The third-order valence-corrected chi connectivity index (χ3v) is 7.85. The second kappa shape index (κ2) is 12.4. The number of aryl methyl sites for hydroxylation is 1. The molecule has 1 unspecified atom stereocenters. The normalized spacial score (nSPS) is 11.9. The predicted octanol–water partition coefficient (Wildman–Crippen LogP) is 3.75. The minimum atomic E-state index is -4.11. The number of amides is 2. The lowest BCUT2D eigenvalue weighted by molar-refractivity contribution is -0.140. The second-order valence-electron chi connectivity index (χ2n) is 8.57. The van der Waals surface area contributed by atoms with Crippen molar-refractivity contribution in [2.45, 2.75) is 37.8 Å². The lowest BCUT2D eigenvalue weighted by Gasteiger charge is -2.33. The maximum atomic E-state index is 13.9. The number of nitrogens with one attached hydrogen (secondary N) is 1. The van der Waals surface area contributed by atoms with E-state index in [0.717, 1.165) is 15.4 Å². The minimum absolute atomic E-state index is 0.0500. The zero-order valence-corrected chi connectivity index (χ0v) is 22.4. The van der Waals surface area contributed by atoms with Crippen LogP contribution in [0.1, 0.15) is 24.5 Å². The lowest BCUT2D eigenvalue weighted by Crippen LogP contribution is -2.51. The Morgan fingerprint density at radius 2 is 1.65 bits per heavy atom. The van der Waals surface area contributed by atoms with Gasteiger partial charge in [0.2, 0.25) is 11.8 Å². The van der Waals surface area contributed by atoms with Crippen molar-refractivity contribution >= 4 is 27.5 Å². The second-order valence-corrected chi connectivity index (χ2v) is 10.4. The predicted molar refractivity (Wildman–Crippen MR) is 144 cm³/mol. The molecule has 3 rings (SSSR count). The maximum Gasteiger partial charge on any atom is 0.264 e. The average Bonchev–Trinajstić information content (AvgIpc) is 2.92. The van der Waals surface area contributed by atoms with Gasteiger partial charge < -0.3 is 15.0 Å². The van der Waals surface area contributed by atoms with Gasteiger partial charge in [0.15, 0.2) is 0 Å². The topological polar surface area (TPSA) is 96.0 Å². The van der Waals surface area contributed by atoms with Gasteiger partial charge in [0.25, 0.3) is 10.0 Å². The third kappa shape index (κ3) is 6.68. The van der Waals surface area contributed by atoms with Crippen LogP contribution >= 0.6 is 0 Å². The standard InChI is InChI=1S/C28H33N3O5S/c1-5-26(28(33)29-3)30(19-22-16-14-21(2)15-17-22)27(32)20-31(23-10-9-11-24(18-23)36-4)37(34,35)25-12-7-6-8-13-25/h6-18,26H,5,19-20H2,1-4H3,(H,29,33). The number of likely N-dealkylation sites (N-methyl/N-ethyl adjacent to an activating group) is 1. The zero-order chi connectivity index (χ0) is 27.0. The van der Waals surface area contributed by atoms with Crippen LogP contribution < -0.4 is 14.4 Å². The van der Waals surface area contributed by atoms with E-state index < -0.39 is 28.5 Å². The van der Waals surface area contributed by atoms with E-state index in [0.29, 0.717) is 12.2 Å². The Bertz CT molecular complexity index is 1310. The van der Waals surface area contributed by atoms with Crippen molar-refractivity contribution in [2.24, 2.45) is 0 Å². The van der Waals surface area contributed by atoms with E-state index in [1.807, 2.05) is 38.1 Å². The summed E-state index contributed by atoms with van der Waals surface area (Å²) in [6.45, 7) is 3.44. The van der Waals surface area contributed by atoms with E-state index in [2.05, 4.69) is 5.32 Å². The number of sulfonamides is 1. The van der Waals surface area contributed by atoms with Crippen molar-refractivity contribution in [3.63, 3.8) is 0 Å². The molecule has 8 nitrogen and oxygen atoms in total. The van der Waals surface area contributed by atoms with Crippen LogP contribution in [0, 0.1) is 6.92 Å². The monoisotopic (exact) mass is 523 g/mol. The molecule has 2 amide bonds. The zero-order valence-electron chi connectivity index (χ0n) is 21.5. The van der Waals surface area contributed by atoms with Crippen LogP contribution in [0.4, 0.5) is 5.69 Å². The summed E-state index contributed by atoms with van der Waals surface area (Å²) in [5.74, 6) is -0.369. The number of methoxy groups -OCH3 is 1. The van der Waals surface area contributed by atoms with Crippen molar-refractivity contribution in [1.29, 1.82) is 0 Å². The molecular formula is C28H33N3O5S. The fraction of sp³-hybridized carbons (Fsp3) is 0.286. The molecule has 0 spiro atoms. The number of rotatable bonds is 11. The molecular weight excluding hydrogens is 490 g/mol. The maximum absolute atomic E-state index is 13.9. The SMILES string of the molecule is CCC(C(=O)NC)N(Cc1ccc(C)cc1)C(=O)CN(c1cccc(OC)c1)S(=O)(=O)c1ccccc1. The van der Waals surface area contributed by atoms with Gasteiger partial charge in [-0.1, -0.05) is 61.0 Å². The van der Waals surface area contributed by atoms with Crippen LogP contribution in [0.3, 0.4) is 0 Å². The van der Waals surface area contributed by atoms with Gasteiger partial charge in [0.05, 0.1) is 17.7 Å². The molecule has 3 aromatic carbocycles. The fourth-order valence-electron chi connectivity index (χ4n) is 3.99. The number of hydrogen-bond acceptors (Lipinski definition) is 5. The van der Waals surface area contributed by atoms with Gasteiger partial charge >= 0.3 is 0 Å². The highest BCUT2D eigenvalue weighted by atomic mass is 32.2. The van der Waals surface area contributed by atoms with Gasteiger partial charge in [-0.05, 0) is 43.2 Å². The summed E-state index contributed by atoms with van der Waals surface area (Å²) >= 11 is 0. The Morgan fingerprint density at radius 1 is 0.973 bits per heavy atom. The summed E-state index contributed by atoms with van der Waals surface area (Å²) in [5, 5.41) is 2.62. The molecule has 0 bridgehead atoms. The summed E-state index contributed by atoms with van der Waals surface area (Å²) in [6, 6.07) is 21.3. The van der Waals surface area contributed by atoms with E-state index in [1.54, 1.807) is 42.5 Å². The van der Waals surface area contributed by atoms with Crippen LogP contribution in [0.5, 0.6) is 5.75 Å². The smallest absolute Gasteiger partial charge is 0.264 e. The molecule has 0 fully saturated rings. The molecule has 0 aromatic heterocycles. The summed E-state index contributed by atoms with van der Waals surface area (Å²) in [5.41, 5.74) is 2.18. The first-order valence-electron chi connectivity index (χ1n) is 12.0. The lowest BCUT2D eigenvalue weighted by atomic mass is 10.1. The summed E-state index contributed by atoms with van der Waals surface area (Å²) < 4.78 is 33.9. The first-order valence-corrected chi connectivity index (χ1v) is 13.4. The highest BCUT2D eigenvalue weighted by Gasteiger charge is 2.33. The molecule has 0 aliphatic heterocycles. The van der Waals surface area contributed by atoms with E-state index >= 15 is 0 Å². The van der Waals surface area contributed by atoms with E-state index in [9.17, 15) is 18.0 Å².